The van der Waals surface area contributed by atoms with Gasteiger partial charge in [-0.3, -0.25) is 9.27 Å². The van der Waals surface area contributed by atoms with E-state index in [0.717, 1.165) is 35.9 Å². The van der Waals surface area contributed by atoms with Crippen LogP contribution < -0.4 is 4.72 Å². The molecule has 9 nitrogen and oxygen atoms in total. The van der Waals surface area contributed by atoms with Gasteiger partial charge >= 0.3 is 0 Å². The normalized spacial score (nSPS) is 13.9. The number of anilines is 1. The SMILES string of the molecule is CCC[N+](C)(CCCCc1ccc(NS(=O)(=O)CC)cc1O)CC(C)C.O=S(=O)([O-])O. The number of unbranched alkanes of at least 4 members (excludes halogenated alkanes) is 1. The molecular weight excluding hydrogens is 444 g/mol. The molecule has 0 saturated heterocycles. The Hall–Kier alpha value is -1.40. The van der Waals surface area contributed by atoms with Crippen molar-refractivity contribution in [2.45, 2.75) is 53.4 Å². The van der Waals surface area contributed by atoms with Crippen molar-refractivity contribution >= 4 is 26.1 Å². The number of phenolic OH excluding ortho intramolecular Hbond substituents is 1. The Morgan fingerprint density at radius 1 is 1.10 bits per heavy atom. The van der Waals surface area contributed by atoms with Gasteiger partial charge in [-0.15, -0.1) is 0 Å². The summed E-state index contributed by atoms with van der Waals surface area (Å²) < 4.78 is 59.6. The van der Waals surface area contributed by atoms with Crippen molar-refractivity contribution in [1.82, 2.24) is 0 Å². The molecule has 0 aliphatic heterocycles. The molecule has 0 aromatic heterocycles. The maximum absolute atomic E-state index is 11.6. The lowest BCUT2D eigenvalue weighted by molar-refractivity contribution is -0.912. The second kappa shape index (κ2) is 13.2. The minimum Gasteiger partial charge on any atom is -0.726 e. The predicted octanol–water partition coefficient (Wildman–Crippen LogP) is 2.99. The molecule has 0 saturated carbocycles. The molecule has 1 atom stereocenters. The van der Waals surface area contributed by atoms with Gasteiger partial charge in [0.25, 0.3) is 0 Å². The van der Waals surface area contributed by atoms with Gasteiger partial charge in [-0.2, -0.15) is 0 Å². The molecule has 3 N–H and O–H groups in total. The minimum absolute atomic E-state index is 0.0146. The third kappa shape index (κ3) is 15.1. The maximum Gasteiger partial charge on any atom is 0.232 e. The summed E-state index contributed by atoms with van der Waals surface area (Å²) in [6, 6.07) is 5.04. The van der Waals surface area contributed by atoms with Crippen LogP contribution in [0.2, 0.25) is 0 Å². The minimum atomic E-state index is -4.92. The van der Waals surface area contributed by atoms with Crippen LogP contribution in [-0.2, 0) is 26.8 Å². The summed E-state index contributed by atoms with van der Waals surface area (Å²) in [7, 11) is -5.89. The molecule has 1 unspecified atom stereocenters. The van der Waals surface area contributed by atoms with Crippen molar-refractivity contribution in [3.8, 4) is 5.75 Å². The van der Waals surface area contributed by atoms with Crippen molar-refractivity contribution in [3.05, 3.63) is 23.8 Å². The average molecular weight is 483 g/mol. The number of nitrogens with one attached hydrogen (secondary N) is 1. The standard InChI is InChI=1S/C20H36N2O3S.H2O4S/c1-6-13-22(5,16-17(3)4)14-9-8-10-18-11-12-19(15-20(18)23)21-26(24,25)7-2;1-5(2,3)4/h11-12,15,17,21H,6-10,13-14,16H2,1-5H3;(H2,1,2,3,4). The van der Waals surface area contributed by atoms with Gasteiger partial charge in [-0.25, -0.2) is 16.8 Å². The number of benzene rings is 1. The number of aryl methyl sites for hydroxylation is 1. The number of aromatic hydroxyl groups is 1. The third-order valence-corrected chi connectivity index (χ3v) is 6.01. The zero-order valence-corrected chi connectivity index (χ0v) is 20.8. The van der Waals surface area contributed by atoms with Crippen molar-refractivity contribution < 1.29 is 35.5 Å². The van der Waals surface area contributed by atoms with E-state index < -0.39 is 20.4 Å². The van der Waals surface area contributed by atoms with Gasteiger partial charge in [-0.1, -0.05) is 26.8 Å². The molecule has 0 fully saturated rings. The summed E-state index contributed by atoms with van der Waals surface area (Å²) in [5.74, 6) is 0.866. The number of nitrogens with zero attached hydrogens (tertiary/aromatic N) is 1. The predicted molar refractivity (Wildman–Crippen MR) is 122 cm³/mol. The molecule has 1 rings (SSSR count). The summed E-state index contributed by atoms with van der Waals surface area (Å²) in [6.45, 7) is 11.9. The van der Waals surface area contributed by atoms with E-state index in [4.69, 9.17) is 17.5 Å². The summed E-state index contributed by atoms with van der Waals surface area (Å²) in [4.78, 5) is 0. The Bertz CT molecular complexity index is 864. The molecule has 0 spiro atoms. The highest BCUT2D eigenvalue weighted by molar-refractivity contribution is 7.92. The molecule has 0 bridgehead atoms. The van der Waals surface area contributed by atoms with E-state index in [-0.39, 0.29) is 11.5 Å². The van der Waals surface area contributed by atoms with E-state index in [1.165, 1.54) is 25.6 Å². The third-order valence-electron chi connectivity index (χ3n) is 4.70. The van der Waals surface area contributed by atoms with Crippen LogP contribution in [-0.4, -0.2) is 68.0 Å². The van der Waals surface area contributed by atoms with Crippen molar-refractivity contribution in [1.29, 1.82) is 0 Å². The number of sulfonamides is 1. The molecule has 1 aromatic carbocycles. The van der Waals surface area contributed by atoms with Gasteiger partial charge in [0.05, 0.1) is 38.1 Å². The molecule has 0 amide bonds. The second-order valence-corrected chi connectivity index (χ2v) is 11.2. The number of phenols is 1. The molecule has 182 valence electrons. The number of hydrogen-bond donors (Lipinski definition) is 3. The maximum atomic E-state index is 11.6. The first-order valence-electron chi connectivity index (χ1n) is 10.4. The zero-order valence-electron chi connectivity index (χ0n) is 19.2. The fourth-order valence-electron chi connectivity index (χ4n) is 3.62. The van der Waals surface area contributed by atoms with Gasteiger partial charge < -0.3 is 14.1 Å². The monoisotopic (exact) mass is 482 g/mol. The summed E-state index contributed by atoms with van der Waals surface area (Å²) >= 11 is 0. The first-order valence-corrected chi connectivity index (χ1v) is 13.5. The zero-order chi connectivity index (χ0) is 24.3. The summed E-state index contributed by atoms with van der Waals surface area (Å²) in [6.07, 6.45) is 4.13. The van der Waals surface area contributed by atoms with Crippen LogP contribution in [0, 0.1) is 5.92 Å². The lowest BCUT2D eigenvalue weighted by atomic mass is 10.1. The molecule has 31 heavy (non-hydrogen) atoms. The lowest BCUT2D eigenvalue weighted by Crippen LogP contribution is -2.47. The molecule has 0 aliphatic carbocycles. The van der Waals surface area contributed by atoms with E-state index in [1.807, 2.05) is 6.07 Å². The van der Waals surface area contributed by atoms with Crippen molar-refractivity contribution in [2.24, 2.45) is 5.92 Å². The van der Waals surface area contributed by atoms with Gasteiger partial charge in [-0.05, 0) is 44.2 Å². The first-order chi connectivity index (χ1) is 14.1. The molecule has 1 aromatic rings. The van der Waals surface area contributed by atoms with Gasteiger partial charge in [0.1, 0.15) is 5.75 Å². The molecular formula is C20H38N2O7S2. The van der Waals surface area contributed by atoms with Crippen molar-refractivity contribution in [2.75, 3.05) is 37.2 Å². The first kappa shape index (κ1) is 29.6. The summed E-state index contributed by atoms with van der Waals surface area (Å²) in [5, 5.41) is 10.2. The number of hydrogen-bond acceptors (Lipinski definition) is 6. The number of rotatable bonds is 12. The summed E-state index contributed by atoms with van der Waals surface area (Å²) in [5.41, 5.74) is 1.29. The highest BCUT2D eigenvalue weighted by atomic mass is 32.3. The smallest absolute Gasteiger partial charge is 0.232 e. The molecule has 0 heterocycles. The molecule has 11 heteroatoms. The van der Waals surface area contributed by atoms with E-state index in [9.17, 15) is 13.5 Å². The quantitative estimate of drug-likeness (QED) is 0.180. The highest BCUT2D eigenvalue weighted by Gasteiger charge is 2.21. The van der Waals surface area contributed by atoms with E-state index in [2.05, 4.69) is 32.5 Å². The lowest BCUT2D eigenvalue weighted by Gasteiger charge is -2.36. The van der Waals surface area contributed by atoms with Crippen LogP contribution in [0.15, 0.2) is 18.2 Å². The fourth-order valence-corrected chi connectivity index (χ4v) is 4.25. The van der Waals surface area contributed by atoms with Crippen LogP contribution in [0.3, 0.4) is 0 Å². The Morgan fingerprint density at radius 3 is 2.13 bits per heavy atom. The van der Waals surface area contributed by atoms with Gasteiger partial charge in [0, 0.05) is 12.0 Å². The topological polar surface area (TPSA) is 144 Å². The Labute approximate surface area is 187 Å². The van der Waals surface area contributed by atoms with Crippen LogP contribution in [0.5, 0.6) is 5.75 Å². The largest absolute Gasteiger partial charge is 0.726 e. The second-order valence-electron chi connectivity index (χ2n) is 8.38. The molecule has 0 aliphatic rings. The number of quaternary nitrogens is 1. The fraction of sp³-hybridized carbons (Fsp3) is 0.700. The Balaban J connectivity index is 0.00000161. The van der Waals surface area contributed by atoms with Crippen LogP contribution in [0.4, 0.5) is 5.69 Å². The van der Waals surface area contributed by atoms with E-state index in [0.29, 0.717) is 11.6 Å². The Morgan fingerprint density at radius 2 is 1.68 bits per heavy atom. The van der Waals surface area contributed by atoms with Gasteiger partial charge in [0.15, 0.2) is 0 Å². The van der Waals surface area contributed by atoms with E-state index in [1.54, 1.807) is 13.0 Å². The molecule has 0 radical (unpaired) electrons. The van der Waals surface area contributed by atoms with Gasteiger partial charge in [0.2, 0.25) is 20.4 Å². The average Bonchev–Trinajstić information content (AvgIpc) is 2.58. The van der Waals surface area contributed by atoms with E-state index >= 15 is 0 Å². The van der Waals surface area contributed by atoms with Crippen LogP contribution in [0.25, 0.3) is 0 Å². The van der Waals surface area contributed by atoms with Crippen LogP contribution in [0.1, 0.15) is 52.5 Å². The highest BCUT2D eigenvalue weighted by Crippen LogP contribution is 2.24. The Kier molecular flexibility index (Phi) is 12.6. The van der Waals surface area contributed by atoms with Crippen LogP contribution >= 0.6 is 0 Å². The van der Waals surface area contributed by atoms with Crippen molar-refractivity contribution in [3.63, 3.8) is 0 Å².